The van der Waals surface area contributed by atoms with Crippen molar-refractivity contribution in [2.75, 3.05) is 26.3 Å². The Hall–Kier alpha value is -3.06. The van der Waals surface area contributed by atoms with Crippen LogP contribution in [0.2, 0.25) is 0 Å². The molecule has 0 radical (unpaired) electrons. The molecule has 0 aromatic heterocycles. The van der Waals surface area contributed by atoms with Gasteiger partial charge in [-0.25, -0.2) is 0 Å². The summed E-state index contributed by atoms with van der Waals surface area (Å²) in [7, 11) is 0. The monoisotopic (exact) mass is 547 g/mol. The first-order valence-corrected chi connectivity index (χ1v) is 15.4. The van der Waals surface area contributed by atoms with Crippen molar-refractivity contribution >= 4 is 11.8 Å². The van der Waals surface area contributed by atoms with E-state index in [0.717, 1.165) is 68.2 Å². The van der Waals surface area contributed by atoms with Crippen LogP contribution in [0.3, 0.4) is 0 Å². The second kappa shape index (κ2) is 13.1. The smallest absolute Gasteiger partial charge is 0.256 e. The predicted molar refractivity (Wildman–Crippen MR) is 157 cm³/mol. The fraction of sp³-hybridized carbons (Fsp3) is 0.576. The lowest BCUT2D eigenvalue weighted by Crippen LogP contribution is -2.58. The Bertz CT molecular complexity index is 1180. The van der Waals surface area contributed by atoms with Gasteiger partial charge in [0.25, 0.3) is 5.91 Å². The topological polar surface area (TPSA) is 79.9 Å². The standard InChI is InChI=1S/C33H45N3O4/c1-4-6-18-39-28-20-24-15-17-36-27(21-26-25(33(36)38)14-11-16-34-26)29(24)30(31(28)40-19-7-5-2)32(37)35-22(3)23-12-9-8-10-13-23/h8-10,12-13,20,22,25-27,34H,4-7,11,14-19,21H2,1-3H3,(H,35,37)/t22-,25-,26-,27+/m1/s1. The molecule has 0 spiro atoms. The van der Waals surface area contributed by atoms with E-state index in [2.05, 4.69) is 30.5 Å². The summed E-state index contributed by atoms with van der Waals surface area (Å²) in [6, 6.07) is 11.9. The van der Waals surface area contributed by atoms with Gasteiger partial charge >= 0.3 is 0 Å². The van der Waals surface area contributed by atoms with Gasteiger partial charge in [0.2, 0.25) is 5.91 Å². The molecule has 2 saturated heterocycles. The third-order valence-electron chi connectivity index (χ3n) is 8.74. The van der Waals surface area contributed by atoms with Crippen molar-refractivity contribution < 1.29 is 19.1 Å². The summed E-state index contributed by atoms with van der Waals surface area (Å²) in [5, 5.41) is 6.87. The highest BCUT2D eigenvalue weighted by molar-refractivity contribution is 6.00. The highest BCUT2D eigenvalue weighted by atomic mass is 16.5. The number of unbranched alkanes of at least 4 members (excludes halogenated alkanes) is 2. The van der Waals surface area contributed by atoms with Gasteiger partial charge in [0.15, 0.2) is 11.5 Å². The summed E-state index contributed by atoms with van der Waals surface area (Å²) in [4.78, 5) is 30.1. The maximum atomic E-state index is 14.3. The summed E-state index contributed by atoms with van der Waals surface area (Å²) >= 11 is 0. The zero-order chi connectivity index (χ0) is 28.1. The van der Waals surface area contributed by atoms with E-state index in [-0.39, 0.29) is 35.9 Å². The Morgan fingerprint density at radius 2 is 1.88 bits per heavy atom. The summed E-state index contributed by atoms with van der Waals surface area (Å²) in [5.74, 6) is 1.24. The van der Waals surface area contributed by atoms with Crippen LogP contribution in [0, 0.1) is 5.92 Å². The van der Waals surface area contributed by atoms with Crippen molar-refractivity contribution in [1.82, 2.24) is 15.5 Å². The van der Waals surface area contributed by atoms with E-state index in [0.29, 0.717) is 43.2 Å². The second-order valence-corrected chi connectivity index (χ2v) is 11.5. The summed E-state index contributed by atoms with van der Waals surface area (Å²) < 4.78 is 12.7. The third-order valence-corrected chi connectivity index (χ3v) is 8.74. The lowest BCUT2D eigenvalue weighted by atomic mass is 9.75. The van der Waals surface area contributed by atoms with Crippen molar-refractivity contribution in [2.45, 2.75) is 90.3 Å². The maximum absolute atomic E-state index is 14.3. The van der Waals surface area contributed by atoms with Crippen LogP contribution in [0.4, 0.5) is 0 Å². The van der Waals surface area contributed by atoms with E-state index in [1.807, 2.05) is 42.2 Å². The van der Waals surface area contributed by atoms with Crippen LogP contribution in [0.1, 0.15) is 105 Å². The molecule has 0 bridgehead atoms. The SMILES string of the molecule is CCCCOc1cc2c(c(C(=O)N[C@H](C)c3ccccc3)c1OCCCC)[C@@H]1C[C@H]3NCCC[C@H]3C(=O)N1CC2. The lowest BCUT2D eigenvalue weighted by molar-refractivity contribution is -0.145. The molecule has 5 rings (SSSR count). The Kier molecular flexibility index (Phi) is 9.30. The number of benzene rings is 2. The van der Waals surface area contributed by atoms with E-state index in [9.17, 15) is 9.59 Å². The Morgan fingerprint density at radius 3 is 2.62 bits per heavy atom. The molecule has 2 amide bonds. The van der Waals surface area contributed by atoms with Gasteiger partial charge in [0.05, 0.1) is 36.8 Å². The van der Waals surface area contributed by atoms with Gasteiger partial charge in [0, 0.05) is 12.6 Å². The zero-order valence-corrected chi connectivity index (χ0v) is 24.3. The molecule has 3 aliphatic rings. The Balaban J connectivity index is 1.59. The average Bonchev–Trinajstić information content (AvgIpc) is 2.97. The van der Waals surface area contributed by atoms with Gasteiger partial charge in [-0.05, 0) is 74.8 Å². The maximum Gasteiger partial charge on any atom is 0.256 e. The van der Waals surface area contributed by atoms with E-state index in [1.165, 1.54) is 0 Å². The first-order chi connectivity index (χ1) is 19.5. The van der Waals surface area contributed by atoms with Crippen LogP contribution in [0.25, 0.3) is 0 Å². The average molecular weight is 548 g/mol. The molecule has 7 nitrogen and oxygen atoms in total. The van der Waals surface area contributed by atoms with Crippen molar-refractivity contribution in [1.29, 1.82) is 0 Å². The van der Waals surface area contributed by atoms with Crippen LogP contribution >= 0.6 is 0 Å². The number of nitrogens with zero attached hydrogens (tertiary/aromatic N) is 1. The van der Waals surface area contributed by atoms with Crippen molar-refractivity contribution in [3.8, 4) is 11.5 Å². The number of hydrogen-bond donors (Lipinski definition) is 2. The Morgan fingerprint density at radius 1 is 1.12 bits per heavy atom. The molecule has 0 aliphatic carbocycles. The van der Waals surface area contributed by atoms with Gasteiger partial charge in [0.1, 0.15) is 0 Å². The van der Waals surface area contributed by atoms with Gasteiger partial charge < -0.3 is 25.0 Å². The van der Waals surface area contributed by atoms with Crippen LogP contribution in [0.15, 0.2) is 36.4 Å². The van der Waals surface area contributed by atoms with Gasteiger partial charge in [-0.3, -0.25) is 9.59 Å². The molecular formula is C33H45N3O4. The number of nitrogens with one attached hydrogen (secondary N) is 2. The van der Waals surface area contributed by atoms with Gasteiger partial charge in [-0.2, -0.15) is 0 Å². The number of carbonyl (C=O) groups is 2. The molecule has 2 fully saturated rings. The van der Waals surface area contributed by atoms with Gasteiger partial charge in [-0.1, -0.05) is 57.0 Å². The number of ether oxygens (including phenoxy) is 2. The quantitative estimate of drug-likeness (QED) is 0.351. The van der Waals surface area contributed by atoms with Crippen LogP contribution in [-0.2, 0) is 11.2 Å². The number of amides is 2. The van der Waals surface area contributed by atoms with Crippen LogP contribution in [0.5, 0.6) is 11.5 Å². The first kappa shape index (κ1) is 28.5. The second-order valence-electron chi connectivity index (χ2n) is 11.5. The van der Waals surface area contributed by atoms with E-state index in [1.54, 1.807) is 0 Å². The first-order valence-electron chi connectivity index (χ1n) is 15.4. The molecule has 3 heterocycles. The molecule has 4 atom stereocenters. The van der Waals surface area contributed by atoms with Crippen LogP contribution < -0.4 is 20.1 Å². The normalized spacial score (nSPS) is 22.5. The summed E-state index contributed by atoms with van der Waals surface area (Å²) in [6.45, 7) is 8.96. The van der Waals surface area contributed by atoms with Crippen LogP contribution in [-0.4, -0.2) is 49.1 Å². The molecular weight excluding hydrogens is 502 g/mol. The van der Waals surface area contributed by atoms with Crippen molar-refractivity contribution in [2.24, 2.45) is 5.92 Å². The molecule has 2 aromatic rings. The third kappa shape index (κ3) is 5.85. The molecule has 7 heteroatoms. The lowest BCUT2D eigenvalue weighted by Gasteiger charge is -2.49. The molecule has 40 heavy (non-hydrogen) atoms. The minimum atomic E-state index is -0.186. The molecule has 0 unspecified atom stereocenters. The number of hydrogen-bond acceptors (Lipinski definition) is 5. The highest BCUT2D eigenvalue weighted by Crippen LogP contribution is 2.47. The zero-order valence-electron chi connectivity index (χ0n) is 24.3. The highest BCUT2D eigenvalue weighted by Gasteiger charge is 2.47. The molecule has 0 saturated carbocycles. The summed E-state index contributed by atoms with van der Waals surface area (Å²) in [5.41, 5.74) is 3.62. The van der Waals surface area contributed by atoms with Crippen molar-refractivity contribution in [3.05, 3.63) is 58.7 Å². The number of carbonyl (C=O) groups excluding carboxylic acids is 2. The van der Waals surface area contributed by atoms with E-state index in [4.69, 9.17) is 9.47 Å². The molecule has 2 N–H and O–H groups in total. The minimum absolute atomic E-state index is 0.0267. The van der Waals surface area contributed by atoms with Crippen molar-refractivity contribution in [3.63, 3.8) is 0 Å². The number of rotatable bonds is 11. The van der Waals surface area contributed by atoms with E-state index < -0.39 is 0 Å². The summed E-state index contributed by atoms with van der Waals surface area (Å²) in [6.07, 6.45) is 7.30. The fourth-order valence-corrected chi connectivity index (χ4v) is 6.52. The molecule has 216 valence electrons. The number of fused-ring (bicyclic) bond motifs is 4. The molecule has 3 aliphatic heterocycles. The minimum Gasteiger partial charge on any atom is -0.490 e. The fourth-order valence-electron chi connectivity index (χ4n) is 6.52. The van der Waals surface area contributed by atoms with E-state index >= 15 is 0 Å². The number of piperidine rings is 2. The molecule has 2 aromatic carbocycles. The largest absolute Gasteiger partial charge is 0.490 e. The predicted octanol–water partition coefficient (Wildman–Crippen LogP) is 5.73. The Labute approximate surface area is 239 Å². The van der Waals surface area contributed by atoms with Gasteiger partial charge in [-0.15, -0.1) is 0 Å².